The second kappa shape index (κ2) is 5.85. The summed E-state index contributed by atoms with van der Waals surface area (Å²) in [6, 6.07) is 10.6. The highest BCUT2D eigenvalue weighted by Gasteiger charge is 2.35. The van der Waals surface area contributed by atoms with Crippen molar-refractivity contribution in [3.8, 4) is 0 Å². The Morgan fingerprint density at radius 2 is 1.94 bits per heavy atom. The number of rotatable bonds is 4. The minimum atomic E-state index is 0.0136. The zero-order chi connectivity index (χ0) is 12.8. The van der Waals surface area contributed by atoms with E-state index in [0.717, 1.165) is 6.54 Å². The topological polar surface area (TPSA) is 29.1 Å². The molecule has 0 saturated heterocycles. The average molecular weight is 243 g/mol. The summed E-state index contributed by atoms with van der Waals surface area (Å²) in [5, 5.41) is 3.04. The van der Waals surface area contributed by atoms with Gasteiger partial charge in [-0.2, -0.15) is 0 Å². The number of allylic oxidation sites excluding steroid dienone is 1. The van der Waals surface area contributed by atoms with Gasteiger partial charge >= 0.3 is 0 Å². The molecule has 1 saturated carbocycles. The van der Waals surface area contributed by atoms with Crippen molar-refractivity contribution in [2.45, 2.75) is 38.0 Å². The summed E-state index contributed by atoms with van der Waals surface area (Å²) in [7, 11) is 0. The van der Waals surface area contributed by atoms with Gasteiger partial charge in [0.2, 0.25) is 5.91 Å². The predicted molar refractivity (Wildman–Crippen MR) is 74.4 cm³/mol. The summed E-state index contributed by atoms with van der Waals surface area (Å²) < 4.78 is 0. The molecule has 0 spiro atoms. The van der Waals surface area contributed by atoms with Crippen molar-refractivity contribution in [3.63, 3.8) is 0 Å². The van der Waals surface area contributed by atoms with Crippen molar-refractivity contribution in [1.29, 1.82) is 0 Å². The Bertz CT molecular complexity index is 416. The highest BCUT2D eigenvalue weighted by Crippen LogP contribution is 2.40. The van der Waals surface area contributed by atoms with Gasteiger partial charge in [-0.05, 0) is 31.4 Å². The van der Waals surface area contributed by atoms with E-state index in [4.69, 9.17) is 0 Å². The fourth-order valence-electron chi connectivity index (χ4n) is 2.88. The van der Waals surface area contributed by atoms with Gasteiger partial charge in [-0.1, -0.05) is 49.2 Å². The van der Waals surface area contributed by atoms with E-state index >= 15 is 0 Å². The SMILES string of the molecule is C/C=C/C(=O)NCC1(c2ccccc2)CCCC1. The van der Waals surface area contributed by atoms with Crippen LogP contribution in [-0.4, -0.2) is 12.5 Å². The maximum atomic E-state index is 11.6. The first kappa shape index (κ1) is 12.9. The minimum absolute atomic E-state index is 0.0136. The third-order valence-electron chi connectivity index (χ3n) is 3.87. The number of carbonyl (C=O) groups is 1. The highest BCUT2D eigenvalue weighted by molar-refractivity contribution is 5.87. The van der Waals surface area contributed by atoms with Gasteiger partial charge in [0.05, 0.1) is 0 Å². The van der Waals surface area contributed by atoms with Crippen LogP contribution in [0.5, 0.6) is 0 Å². The summed E-state index contributed by atoms with van der Waals surface area (Å²) in [6.07, 6.45) is 8.23. The number of hydrogen-bond acceptors (Lipinski definition) is 1. The molecular formula is C16H21NO. The number of nitrogens with one attached hydrogen (secondary N) is 1. The first-order valence-electron chi connectivity index (χ1n) is 6.73. The standard InChI is InChI=1S/C16H21NO/c1-2-8-15(18)17-13-16(11-6-7-12-16)14-9-4-3-5-10-14/h2-5,8-10H,6-7,11-13H2,1H3,(H,17,18)/b8-2+. The first-order chi connectivity index (χ1) is 8.77. The lowest BCUT2D eigenvalue weighted by Gasteiger charge is -2.29. The molecule has 18 heavy (non-hydrogen) atoms. The summed E-state index contributed by atoms with van der Waals surface area (Å²) in [5.41, 5.74) is 1.52. The molecule has 1 fully saturated rings. The number of benzene rings is 1. The molecule has 1 aliphatic carbocycles. The zero-order valence-electron chi connectivity index (χ0n) is 11.0. The Labute approximate surface area is 109 Å². The number of amides is 1. The lowest BCUT2D eigenvalue weighted by atomic mass is 9.79. The number of carbonyl (C=O) groups excluding carboxylic acids is 1. The number of hydrogen-bond donors (Lipinski definition) is 1. The normalized spacial score (nSPS) is 18.1. The first-order valence-corrected chi connectivity index (χ1v) is 6.73. The fraction of sp³-hybridized carbons (Fsp3) is 0.438. The van der Waals surface area contributed by atoms with Gasteiger partial charge in [-0.15, -0.1) is 0 Å². The van der Waals surface area contributed by atoms with Crippen LogP contribution in [0.25, 0.3) is 0 Å². The molecule has 2 nitrogen and oxygen atoms in total. The van der Waals surface area contributed by atoms with Crippen LogP contribution >= 0.6 is 0 Å². The van der Waals surface area contributed by atoms with Crippen molar-refractivity contribution in [2.75, 3.05) is 6.54 Å². The van der Waals surface area contributed by atoms with Crippen LogP contribution in [-0.2, 0) is 10.2 Å². The van der Waals surface area contributed by atoms with Crippen LogP contribution < -0.4 is 5.32 Å². The molecule has 0 bridgehead atoms. The third-order valence-corrected chi connectivity index (χ3v) is 3.87. The quantitative estimate of drug-likeness (QED) is 0.808. The molecule has 1 aliphatic rings. The Hall–Kier alpha value is -1.57. The molecule has 1 amide bonds. The van der Waals surface area contributed by atoms with Crippen LogP contribution in [0.15, 0.2) is 42.5 Å². The van der Waals surface area contributed by atoms with E-state index in [1.165, 1.54) is 31.2 Å². The Balaban J connectivity index is 2.11. The van der Waals surface area contributed by atoms with E-state index in [-0.39, 0.29) is 11.3 Å². The van der Waals surface area contributed by atoms with E-state index in [1.54, 1.807) is 12.2 Å². The molecule has 0 aromatic heterocycles. The van der Waals surface area contributed by atoms with Crippen molar-refractivity contribution in [3.05, 3.63) is 48.0 Å². The second-order valence-corrected chi connectivity index (χ2v) is 5.07. The highest BCUT2D eigenvalue weighted by atomic mass is 16.1. The van der Waals surface area contributed by atoms with Crippen molar-refractivity contribution < 1.29 is 4.79 Å². The molecule has 1 N–H and O–H groups in total. The van der Waals surface area contributed by atoms with Crippen molar-refractivity contribution in [1.82, 2.24) is 5.32 Å². The lowest BCUT2D eigenvalue weighted by Crippen LogP contribution is -2.38. The average Bonchev–Trinajstić information content (AvgIpc) is 2.88. The Morgan fingerprint density at radius 1 is 1.28 bits per heavy atom. The zero-order valence-corrected chi connectivity index (χ0v) is 11.0. The van der Waals surface area contributed by atoms with Crippen LogP contribution in [0.1, 0.15) is 38.2 Å². The van der Waals surface area contributed by atoms with E-state index in [2.05, 4.69) is 29.6 Å². The Morgan fingerprint density at radius 3 is 2.56 bits per heavy atom. The maximum Gasteiger partial charge on any atom is 0.243 e. The van der Waals surface area contributed by atoms with Gasteiger partial charge in [0.15, 0.2) is 0 Å². The van der Waals surface area contributed by atoms with Crippen LogP contribution in [0.2, 0.25) is 0 Å². The molecule has 2 heteroatoms. The summed E-state index contributed by atoms with van der Waals surface area (Å²) in [6.45, 7) is 2.61. The van der Waals surface area contributed by atoms with E-state index < -0.39 is 0 Å². The van der Waals surface area contributed by atoms with Gasteiger partial charge in [-0.25, -0.2) is 0 Å². The lowest BCUT2D eigenvalue weighted by molar-refractivity contribution is -0.116. The van der Waals surface area contributed by atoms with Crippen LogP contribution in [0, 0.1) is 0 Å². The summed E-state index contributed by atoms with van der Waals surface area (Å²) in [5.74, 6) is 0.0136. The largest absolute Gasteiger partial charge is 0.352 e. The van der Waals surface area contributed by atoms with Gasteiger partial charge < -0.3 is 5.32 Å². The van der Waals surface area contributed by atoms with E-state index in [0.29, 0.717) is 0 Å². The molecule has 0 radical (unpaired) electrons. The molecule has 0 aliphatic heterocycles. The molecule has 0 heterocycles. The fourth-order valence-corrected chi connectivity index (χ4v) is 2.88. The second-order valence-electron chi connectivity index (χ2n) is 5.07. The van der Waals surface area contributed by atoms with Gasteiger partial charge in [0.25, 0.3) is 0 Å². The predicted octanol–water partition coefficient (Wildman–Crippen LogP) is 3.19. The minimum Gasteiger partial charge on any atom is -0.352 e. The van der Waals surface area contributed by atoms with Crippen molar-refractivity contribution in [2.24, 2.45) is 0 Å². The third kappa shape index (κ3) is 2.81. The van der Waals surface area contributed by atoms with Gasteiger partial charge in [-0.3, -0.25) is 4.79 Å². The molecule has 96 valence electrons. The maximum absolute atomic E-state index is 11.6. The summed E-state index contributed by atoms with van der Waals surface area (Å²) >= 11 is 0. The molecule has 0 unspecified atom stereocenters. The van der Waals surface area contributed by atoms with Crippen LogP contribution in [0.4, 0.5) is 0 Å². The molecule has 2 rings (SSSR count). The molecule has 1 aromatic carbocycles. The molecular weight excluding hydrogens is 222 g/mol. The summed E-state index contributed by atoms with van der Waals surface area (Å²) in [4.78, 5) is 11.6. The van der Waals surface area contributed by atoms with E-state index in [1.807, 2.05) is 13.0 Å². The van der Waals surface area contributed by atoms with Crippen molar-refractivity contribution >= 4 is 5.91 Å². The van der Waals surface area contributed by atoms with Crippen LogP contribution in [0.3, 0.4) is 0 Å². The molecule has 1 aromatic rings. The van der Waals surface area contributed by atoms with Gasteiger partial charge in [0, 0.05) is 12.0 Å². The van der Waals surface area contributed by atoms with Gasteiger partial charge in [0.1, 0.15) is 0 Å². The van der Waals surface area contributed by atoms with E-state index in [9.17, 15) is 4.79 Å². The monoisotopic (exact) mass is 243 g/mol. The molecule has 0 atom stereocenters. The smallest absolute Gasteiger partial charge is 0.243 e. The Kier molecular flexibility index (Phi) is 4.19.